The Kier molecular flexibility index (Phi) is 5.55. The number of hydrogen-bond donors (Lipinski definition) is 2. The second-order valence-electron chi connectivity index (χ2n) is 6.95. The summed E-state index contributed by atoms with van der Waals surface area (Å²) < 4.78 is 0. The number of nitrogens with two attached hydrogens (primary N) is 1. The van der Waals surface area contributed by atoms with Crippen molar-refractivity contribution in [2.75, 3.05) is 29.9 Å². The van der Waals surface area contributed by atoms with Crippen LogP contribution in [0.15, 0.2) is 18.2 Å². The number of carbonyl (C=O) groups excluding carboxylic acids is 1. The van der Waals surface area contributed by atoms with E-state index >= 15 is 0 Å². The van der Waals surface area contributed by atoms with Crippen LogP contribution in [0.25, 0.3) is 0 Å². The molecule has 1 aromatic rings. The molecule has 0 radical (unpaired) electrons. The fourth-order valence-corrected chi connectivity index (χ4v) is 4.07. The molecule has 0 aromatic heterocycles. The lowest BCUT2D eigenvalue weighted by molar-refractivity contribution is -0.117. The molecular weight excluding hydrogens is 286 g/mol. The van der Waals surface area contributed by atoms with E-state index < -0.39 is 0 Å². The quantitative estimate of drug-likeness (QED) is 0.876. The molecule has 1 aliphatic heterocycles. The van der Waals surface area contributed by atoms with Crippen molar-refractivity contribution in [3.8, 4) is 0 Å². The van der Waals surface area contributed by atoms with E-state index in [1.807, 2.05) is 6.07 Å². The molecule has 0 spiro atoms. The standard InChI is InChI=1S/C19H29N3O/c20-11-13-22-12-5-9-16-8-4-10-17(19(16)22)21-18(23)14-15-6-2-1-3-7-15/h4,8,10,15H,1-3,5-7,9,11-14,20H2,(H,21,23). The van der Waals surface area contributed by atoms with E-state index in [1.54, 1.807) is 0 Å². The van der Waals surface area contributed by atoms with Crippen molar-refractivity contribution in [3.05, 3.63) is 23.8 Å². The summed E-state index contributed by atoms with van der Waals surface area (Å²) in [5.74, 6) is 0.743. The molecule has 4 heteroatoms. The van der Waals surface area contributed by atoms with Crippen LogP contribution in [0.1, 0.15) is 50.5 Å². The molecule has 126 valence electrons. The second kappa shape index (κ2) is 7.82. The third-order valence-electron chi connectivity index (χ3n) is 5.18. The zero-order valence-corrected chi connectivity index (χ0v) is 14.0. The first kappa shape index (κ1) is 16.3. The van der Waals surface area contributed by atoms with Crippen LogP contribution >= 0.6 is 0 Å². The van der Waals surface area contributed by atoms with Gasteiger partial charge in [-0.15, -0.1) is 0 Å². The van der Waals surface area contributed by atoms with E-state index in [0.29, 0.717) is 18.9 Å². The first-order valence-electron chi connectivity index (χ1n) is 9.14. The highest BCUT2D eigenvalue weighted by Crippen LogP contribution is 2.35. The third kappa shape index (κ3) is 4.05. The Morgan fingerprint density at radius 1 is 1.22 bits per heavy atom. The molecule has 1 heterocycles. The average Bonchev–Trinajstić information content (AvgIpc) is 2.56. The van der Waals surface area contributed by atoms with Gasteiger partial charge in [0.1, 0.15) is 0 Å². The number of nitrogens with one attached hydrogen (secondary N) is 1. The van der Waals surface area contributed by atoms with Gasteiger partial charge in [0.25, 0.3) is 0 Å². The summed E-state index contributed by atoms with van der Waals surface area (Å²) in [6.07, 6.45) is 9.22. The van der Waals surface area contributed by atoms with E-state index in [4.69, 9.17) is 5.73 Å². The number of fused-ring (bicyclic) bond motifs is 1. The molecule has 1 saturated carbocycles. The Morgan fingerprint density at radius 2 is 2.04 bits per heavy atom. The van der Waals surface area contributed by atoms with Crippen molar-refractivity contribution >= 4 is 17.3 Å². The summed E-state index contributed by atoms with van der Waals surface area (Å²) >= 11 is 0. The van der Waals surface area contributed by atoms with Gasteiger partial charge in [-0.25, -0.2) is 0 Å². The van der Waals surface area contributed by atoms with Gasteiger partial charge < -0.3 is 16.0 Å². The van der Waals surface area contributed by atoms with Crippen LogP contribution in [0.5, 0.6) is 0 Å². The number of rotatable bonds is 5. The first-order valence-corrected chi connectivity index (χ1v) is 9.14. The number of nitrogens with zero attached hydrogens (tertiary/aromatic N) is 1. The normalized spacial score (nSPS) is 18.6. The van der Waals surface area contributed by atoms with Crippen molar-refractivity contribution in [3.63, 3.8) is 0 Å². The highest BCUT2D eigenvalue weighted by molar-refractivity contribution is 5.95. The minimum atomic E-state index is 0.170. The Labute approximate surface area is 139 Å². The summed E-state index contributed by atoms with van der Waals surface area (Å²) in [6.45, 7) is 2.52. The number of aryl methyl sites for hydroxylation is 1. The molecule has 4 nitrogen and oxygen atoms in total. The van der Waals surface area contributed by atoms with Crippen LogP contribution in [0, 0.1) is 5.92 Å². The van der Waals surface area contributed by atoms with E-state index in [-0.39, 0.29) is 5.91 Å². The Balaban J connectivity index is 1.71. The lowest BCUT2D eigenvalue weighted by atomic mass is 9.87. The maximum absolute atomic E-state index is 12.5. The molecule has 1 fully saturated rings. The van der Waals surface area contributed by atoms with Crippen molar-refractivity contribution in [2.24, 2.45) is 11.7 Å². The third-order valence-corrected chi connectivity index (χ3v) is 5.18. The van der Waals surface area contributed by atoms with E-state index in [0.717, 1.165) is 31.6 Å². The van der Waals surface area contributed by atoms with Crippen LogP contribution in [0.2, 0.25) is 0 Å². The largest absolute Gasteiger partial charge is 0.368 e. The van der Waals surface area contributed by atoms with Gasteiger partial charge in [0.05, 0.1) is 11.4 Å². The number of carbonyl (C=O) groups is 1. The average molecular weight is 315 g/mol. The van der Waals surface area contributed by atoms with E-state index in [1.165, 1.54) is 43.4 Å². The first-order chi connectivity index (χ1) is 11.3. The number of amides is 1. The molecule has 0 atom stereocenters. The van der Waals surface area contributed by atoms with Crippen LogP contribution in [-0.4, -0.2) is 25.5 Å². The molecule has 2 aliphatic rings. The number of benzene rings is 1. The summed E-state index contributed by atoms with van der Waals surface area (Å²) in [7, 11) is 0. The van der Waals surface area contributed by atoms with Gasteiger partial charge in [0, 0.05) is 26.1 Å². The molecular formula is C19H29N3O. The molecule has 1 aliphatic carbocycles. The highest BCUT2D eigenvalue weighted by atomic mass is 16.1. The zero-order valence-electron chi connectivity index (χ0n) is 14.0. The Bertz CT molecular complexity index is 537. The zero-order chi connectivity index (χ0) is 16.1. The summed E-state index contributed by atoms with van der Waals surface area (Å²) in [5.41, 5.74) is 9.26. The van der Waals surface area contributed by atoms with E-state index in [2.05, 4.69) is 22.3 Å². The SMILES string of the molecule is NCCN1CCCc2cccc(NC(=O)CC3CCCCC3)c21. The van der Waals surface area contributed by atoms with Crippen LogP contribution in [0.3, 0.4) is 0 Å². The van der Waals surface area contributed by atoms with Crippen LogP contribution in [0.4, 0.5) is 11.4 Å². The number of hydrogen-bond acceptors (Lipinski definition) is 3. The smallest absolute Gasteiger partial charge is 0.224 e. The molecule has 0 unspecified atom stereocenters. The Hall–Kier alpha value is -1.55. The lowest BCUT2D eigenvalue weighted by Gasteiger charge is -2.33. The Morgan fingerprint density at radius 3 is 2.83 bits per heavy atom. The van der Waals surface area contributed by atoms with Gasteiger partial charge in [-0.2, -0.15) is 0 Å². The fourth-order valence-electron chi connectivity index (χ4n) is 4.07. The highest BCUT2D eigenvalue weighted by Gasteiger charge is 2.22. The molecule has 0 bridgehead atoms. The molecule has 1 amide bonds. The monoisotopic (exact) mass is 315 g/mol. The molecule has 3 rings (SSSR count). The molecule has 1 aromatic carbocycles. The van der Waals surface area contributed by atoms with Gasteiger partial charge in [-0.1, -0.05) is 31.4 Å². The fraction of sp³-hybridized carbons (Fsp3) is 0.632. The van der Waals surface area contributed by atoms with E-state index in [9.17, 15) is 4.79 Å². The van der Waals surface area contributed by atoms with Crippen molar-refractivity contribution < 1.29 is 4.79 Å². The van der Waals surface area contributed by atoms with Gasteiger partial charge in [0.15, 0.2) is 0 Å². The number of anilines is 2. The lowest BCUT2D eigenvalue weighted by Crippen LogP contribution is -2.35. The summed E-state index contributed by atoms with van der Waals surface area (Å²) in [5, 5.41) is 3.18. The van der Waals surface area contributed by atoms with Crippen molar-refractivity contribution in [1.29, 1.82) is 0 Å². The van der Waals surface area contributed by atoms with Gasteiger partial charge in [-0.05, 0) is 43.2 Å². The van der Waals surface area contributed by atoms with Crippen molar-refractivity contribution in [2.45, 2.75) is 51.4 Å². The predicted molar refractivity (Wildman–Crippen MR) is 95.9 cm³/mol. The minimum absolute atomic E-state index is 0.170. The minimum Gasteiger partial charge on any atom is -0.368 e. The van der Waals surface area contributed by atoms with Crippen molar-refractivity contribution in [1.82, 2.24) is 0 Å². The van der Waals surface area contributed by atoms with Gasteiger partial charge in [-0.3, -0.25) is 4.79 Å². The topological polar surface area (TPSA) is 58.4 Å². The maximum atomic E-state index is 12.5. The molecule has 0 saturated heterocycles. The molecule has 23 heavy (non-hydrogen) atoms. The summed E-state index contributed by atoms with van der Waals surface area (Å²) in [4.78, 5) is 14.8. The summed E-state index contributed by atoms with van der Waals surface area (Å²) in [6, 6.07) is 6.27. The molecule has 3 N–H and O–H groups in total. The van der Waals surface area contributed by atoms with Gasteiger partial charge >= 0.3 is 0 Å². The second-order valence-corrected chi connectivity index (χ2v) is 6.95. The number of para-hydroxylation sites is 1. The van der Waals surface area contributed by atoms with Gasteiger partial charge in [0.2, 0.25) is 5.91 Å². The van der Waals surface area contributed by atoms with Crippen LogP contribution < -0.4 is 16.0 Å². The van der Waals surface area contributed by atoms with Crippen LogP contribution in [-0.2, 0) is 11.2 Å². The maximum Gasteiger partial charge on any atom is 0.224 e. The predicted octanol–water partition coefficient (Wildman–Crippen LogP) is 3.31.